The zero-order valence-corrected chi connectivity index (χ0v) is 17.2. The molecular formula is C23H25N5O2. The predicted molar refractivity (Wildman–Crippen MR) is 115 cm³/mol. The van der Waals surface area contributed by atoms with E-state index in [4.69, 9.17) is 0 Å². The molecule has 2 aromatic carbocycles. The number of nitrogens with one attached hydrogen (secondary N) is 2. The van der Waals surface area contributed by atoms with Gasteiger partial charge in [-0.1, -0.05) is 48.5 Å². The largest absolute Gasteiger partial charge is 0.347 e. The van der Waals surface area contributed by atoms with Crippen LogP contribution in [0.5, 0.6) is 0 Å². The zero-order valence-electron chi connectivity index (χ0n) is 17.2. The second-order valence-electron chi connectivity index (χ2n) is 7.48. The van der Waals surface area contributed by atoms with Crippen LogP contribution in [0.25, 0.3) is 0 Å². The first-order valence-corrected chi connectivity index (χ1v) is 10.0. The lowest BCUT2D eigenvalue weighted by molar-refractivity contribution is 0.0943. The van der Waals surface area contributed by atoms with Crippen molar-refractivity contribution < 1.29 is 9.59 Å². The molecule has 0 saturated heterocycles. The van der Waals surface area contributed by atoms with Gasteiger partial charge in [0, 0.05) is 43.5 Å². The van der Waals surface area contributed by atoms with Gasteiger partial charge in [0.25, 0.3) is 5.91 Å². The lowest BCUT2D eigenvalue weighted by Gasteiger charge is -2.28. The molecule has 3 aromatic rings. The summed E-state index contributed by atoms with van der Waals surface area (Å²) in [5.74, 6) is -0.225. The van der Waals surface area contributed by atoms with Gasteiger partial charge in [0.05, 0.1) is 6.54 Å². The maximum Gasteiger partial charge on any atom is 0.322 e. The third-order valence-electron chi connectivity index (χ3n) is 5.43. The Morgan fingerprint density at radius 3 is 2.57 bits per heavy atom. The molecule has 3 amide bonds. The molecule has 2 heterocycles. The summed E-state index contributed by atoms with van der Waals surface area (Å²) in [5, 5.41) is 10.4. The molecule has 7 nitrogen and oxygen atoms in total. The van der Waals surface area contributed by atoms with E-state index in [0.717, 1.165) is 28.1 Å². The number of carbonyl (C=O) groups is 2. The summed E-state index contributed by atoms with van der Waals surface area (Å²) in [6.07, 6.45) is 0.659. The number of aromatic nitrogens is 2. The van der Waals surface area contributed by atoms with Gasteiger partial charge in [0.15, 0.2) is 5.69 Å². The standard InChI is InChI=1S/C23H25N5O2/c1-16-8-6-7-11-19(16)25-23(30)28-13-12-20-18(15-28)21(26-27(20)2)22(29)24-14-17-9-4-3-5-10-17/h3-11H,12-15H2,1-2H3,(H,24,29)(H,25,30). The number of amides is 3. The molecule has 30 heavy (non-hydrogen) atoms. The second-order valence-corrected chi connectivity index (χ2v) is 7.48. The Morgan fingerprint density at radius 1 is 1.07 bits per heavy atom. The van der Waals surface area contributed by atoms with Gasteiger partial charge in [0.2, 0.25) is 0 Å². The molecule has 0 atom stereocenters. The van der Waals surface area contributed by atoms with E-state index in [2.05, 4.69) is 15.7 Å². The van der Waals surface area contributed by atoms with Gasteiger partial charge in [-0.05, 0) is 24.1 Å². The Hall–Kier alpha value is -3.61. The predicted octanol–water partition coefficient (Wildman–Crippen LogP) is 3.25. The normalized spacial score (nSPS) is 12.9. The van der Waals surface area contributed by atoms with E-state index in [1.807, 2.05) is 68.6 Å². The van der Waals surface area contributed by atoms with Gasteiger partial charge < -0.3 is 15.5 Å². The van der Waals surface area contributed by atoms with Crippen molar-refractivity contribution in [1.82, 2.24) is 20.0 Å². The van der Waals surface area contributed by atoms with Crippen molar-refractivity contribution in [1.29, 1.82) is 0 Å². The highest BCUT2D eigenvalue weighted by Gasteiger charge is 2.29. The summed E-state index contributed by atoms with van der Waals surface area (Å²) >= 11 is 0. The van der Waals surface area contributed by atoms with E-state index >= 15 is 0 Å². The summed E-state index contributed by atoms with van der Waals surface area (Å²) in [6.45, 7) is 3.33. The third kappa shape index (κ3) is 4.05. The Bertz CT molecular complexity index is 1070. The van der Waals surface area contributed by atoms with E-state index in [0.29, 0.717) is 31.7 Å². The lowest BCUT2D eigenvalue weighted by Crippen LogP contribution is -2.39. The topological polar surface area (TPSA) is 79.3 Å². The Labute approximate surface area is 175 Å². The fourth-order valence-corrected chi connectivity index (χ4v) is 3.72. The maximum atomic E-state index is 12.8. The van der Waals surface area contributed by atoms with Crippen molar-refractivity contribution >= 4 is 17.6 Å². The van der Waals surface area contributed by atoms with Crippen LogP contribution >= 0.6 is 0 Å². The third-order valence-corrected chi connectivity index (χ3v) is 5.43. The van der Waals surface area contributed by atoms with Crippen LogP contribution < -0.4 is 10.6 Å². The highest BCUT2D eigenvalue weighted by molar-refractivity contribution is 5.95. The van der Waals surface area contributed by atoms with Crippen LogP contribution in [0.2, 0.25) is 0 Å². The zero-order chi connectivity index (χ0) is 21.1. The minimum atomic E-state index is -0.225. The Kier molecular flexibility index (Phi) is 5.52. The van der Waals surface area contributed by atoms with Crippen molar-refractivity contribution in [2.45, 2.75) is 26.4 Å². The first kappa shape index (κ1) is 19.7. The van der Waals surface area contributed by atoms with Crippen molar-refractivity contribution in [2.24, 2.45) is 7.05 Å². The number of benzene rings is 2. The van der Waals surface area contributed by atoms with Crippen molar-refractivity contribution in [3.8, 4) is 0 Å². The highest BCUT2D eigenvalue weighted by Crippen LogP contribution is 2.23. The fraction of sp³-hybridized carbons (Fsp3) is 0.261. The van der Waals surface area contributed by atoms with Crippen LogP contribution in [-0.4, -0.2) is 33.2 Å². The van der Waals surface area contributed by atoms with Gasteiger partial charge in [-0.15, -0.1) is 0 Å². The van der Waals surface area contributed by atoms with Crippen molar-refractivity contribution in [3.05, 3.63) is 82.7 Å². The van der Waals surface area contributed by atoms with Crippen LogP contribution in [0, 0.1) is 6.92 Å². The minimum absolute atomic E-state index is 0.172. The first-order chi connectivity index (χ1) is 14.5. The number of fused-ring (bicyclic) bond motifs is 1. The number of aryl methyl sites for hydroxylation is 2. The molecule has 7 heteroatoms. The number of nitrogens with zero attached hydrogens (tertiary/aromatic N) is 3. The molecule has 1 aliphatic heterocycles. The molecule has 0 unspecified atom stereocenters. The molecule has 0 radical (unpaired) electrons. The molecule has 0 aliphatic carbocycles. The van der Waals surface area contributed by atoms with Crippen molar-refractivity contribution in [2.75, 3.05) is 11.9 Å². The Balaban J connectivity index is 1.48. The molecular weight excluding hydrogens is 378 g/mol. The first-order valence-electron chi connectivity index (χ1n) is 10.0. The summed E-state index contributed by atoms with van der Waals surface area (Å²) in [5.41, 5.74) is 5.02. The van der Waals surface area contributed by atoms with Gasteiger partial charge in [-0.3, -0.25) is 9.48 Å². The Morgan fingerprint density at radius 2 is 1.80 bits per heavy atom. The number of para-hydroxylation sites is 1. The molecule has 0 spiro atoms. The van der Waals surface area contributed by atoms with Gasteiger partial charge in [-0.2, -0.15) is 5.10 Å². The van der Waals surface area contributed by atoms with Crippen molar-refractivity contribution in [3.63, 3.8) is 0 Å². The van der Waals surface area contributed by atoms with E-state index < -0.39 is 0 Å². The van der Waals surface area contributed by atoms with Crippen LogP contribution in [0.3, 0.4) is 0 Å². The maximum absolute atomic E-state index is 12.8. The van der Waals surface area contributed by atoms with Crippen LogP contribution in [0.4, 0.5) is 10.5 Å². The average Bonchev–Trinajstić information content (AvgIpc) is 3.10. The summed E-state index contributed by atoms with van der Waals surface area (Å²) in [6, 6.07) is 17.3. The number of urea groups is 1. The smallest absolute Gasteiger partial charge is 0.322 e. The number of carbonyl (C=O) groups excluding carboxylic acids is 2. The SMILES string of the molecule is Cc1ccccc1NC(=O)N1CCc2c(c(C(=O)NCc3ccccc3)nn2C)C1. The highest BCUT2D eigenvalue weighted by atomic mass is 16.2. The molecule has 0 fully saturated rings. The molecule has 1 aliphatic rings. The number of hydrogen-bond donors (Lipinski definition) is 2. The van der Waals surface area contributed by atoms with Gasteiger partial charge in [0.1, 0.15) is 0 Å². The van der Waals surface area contributed by atoms with E-state index in [1.165, 1.54) is 0 Å². The van der Waals surface area contributed by atoms with Crippen LogP contribution in [0.1, 0.15) is 32.9 Å². The summed E-state index contributed by atoms with van der Waals surface area (Å²) < 4.78 is 1.75. The molecule has 4 rings (SSSR count). The second kappa shape index (κ2) is 8.41. The molecule has 154 valence electrons. The van der Waals surface area contributed by atoms with E-state index in [1.54, 1.807) is 9.58 Å². The minimum Gasteiger partial charge on any atom is -0.347 e. The quantitative estimate of drug-likeness (QED) is 0.702. The lowest BCUT2D eigenvalue weighted by atomic mass is 10.0. The van der Waals surface area contributed by atoms with Crippen LogP contribution in [0.15, 0.2) is 54.6 Å². The number of hydrogen-bond acceptors (Lipinski definition) is 3. The summed E-state index contributed by atoms with van der Waals surface area (Å²) in [7, 11) is 1.84. The molecule has 1 aromatic heterocycles. The number of anilines is 1. The monoisotopic (exact) mass is 403 g/mol. The summed E-state index contributed by atoms with van der Waals surface area (Å²) in [4.78, 5) is 27.4. The van der Waals surface area contributed by atoms with Gasteiger partial charge >= 0.3 is 6.03 Å². The average molecular weight is 403 g/mol. The fourth-order valence-electron chi connectivity index (χ4n) is 3.72. The molecule has 2 N–H and O–H groups in total. The van der Waals surface area contributed by atoms with E-state index in [-0.39, 0.29) is 11.9 Å². The van der Waals surface area contributed by atoms with E-state index in [9.17, 15) is 9.59 Å². The molecule has 0 bridgehead atoms. The van der Waals surface area contributed by atoms with Crippen LogP contribution in [-0.2, 0) is 26.6 Å². The number of rotatable bonds is 4. The molecule has 0 saturated carbocycles. The van der Waals surface area contributed by atoms with Gasteiger partial charge in [-0.25, -0.2) is 4.79 Å².